The molecule has 0 radical (unpaired) electrons. The molecule has 0 aliphatic carbocycles. The largest absolute Gasteiger partial charge is 0.361 e. The Morgan fingerprint density at radius 3 is 2.82 bits per heavy atom. The summed E-state index contributed by atoms with van der Waals surface area (Å²) < 4.78 is 15.6. The molecular formula is C20H28FIN6. The molecule has 0 spiro atoms. The average Bonchev–Trinajstić information content (AvgIpc) is 3.26. The van der Waals surface area contributed by atoms with Gasteiger partial charge in [-0.25, -0.2) is 9.37 Å². The highest BCUT2D eigenvalue weighted by atomic mass is 127. The molecule has 3 rings (SSSR count). The number of aromatic nitrogens is 3. The van der Waals surface area contributed by atoms with Crippen molar-refractivity contribution in [1.29, 1.82) is 0 Å². The first-order valence-electron chi connectivity index (χ1n) is 9.35. The van der Waals surface area contributed by atoms with Gasteiger partial charge in [-0.15, -0.1) is 24.0 Å². The Balaban J connectivity index is 0.00000280. The molecule has 8 heteroatoms. The molecule has 1 aromatic carbocycles. The molecule has 0 saturated carbocycles. The van der Waals surface area contributed by atoms with Gasteiger partial charge >= 0.3 is 0 Å². The number of imidazole rings is 1. The summed E-state index contributed by atoms with van der Waals surface area (Å²) >= 11 is 0. The lowest BCUT2D eigenvalue weighted by Crippen LogP contribution is -2.38. The fourth-order valence-electron chi connectivity index (χ4n) is 3.15. The zero-order chi connectivity index (χ0) is 19.1. The van der Waals surface area contributed by atoms with E-state index in [9.17, 15) is 4.39 Å². The van der Waals surface area contributed by atoms with E-state index in [1.165, 1.54) is 6.07 Å². The number of nitrogens with zero attached hydrogens (tertiary/aromatic N) is 3. The second-order valence-electron chi connectivity index (χ2n) is 6.55. The van der Waals surface area contributed by atoms with Crippen molar-refractivity contribution < 1.29 is 4.39 Å². The number of hydrogen-bond acceptors (Lipinski definition) is 2. The minimum Gasteiger partial charge on any atom is -0.361 e. The van der Waals surface area contributed by atoms with Crippen molar-refractivity contribution in [3.63, 3.8) is 0 Å². The minimum atomic E-state index is -0.209. The highest BCUT2D eigenvalue weighted by Gasteiger charge is 2.05. The number of fused-ring (bicyclic) bond motifs is 1. The van der Waals surface area contributed by atoms with E-state index in [0.717, 1.165) is 67.1 Å². The van der Waals surface area contributed by atoms with Crippen LogP contribution in [0.15, 0.2) is 41.8 Å². The van der Waals surface area contributed by atoms with E-state index >= 15 is 0 Å². The van der Waals surface area contributed by atoms with Gasteiger partial charge in [0.15, 0.2) is 5.96 Å². The fourth-order valence-corrected chi connectivity index (χ4v) is 3.15. The lowest BCUT2D eigenvalue weighted by Gasteiger charge is -2.12. The monoisotopic (exact) mass is 498 g/mol. The molecule has 0 aliphatic heterocycles. The van der Waals surface area contributed by atoms with E-state index in [2.05, 4.69) is 30.2 Å². The summed E-state index contributed by atoms with van der Waals surface area (Å²) in [6, 6.07) is 4.82. The molecule has 0 saturated heterocycles. The van der Waals surface area contributed by atoms with Gasteiger partial charge in [0, 0.05) is 56.2 Å². The van der Waals surface area contributed by atoms with Crippen molar-refractivity contribution in [2.45, 2.75) is 32.7 Å². The van der Waals surface area contributed by atoms with E-state index in [0.29, 0.717) is 0 Å². The van der Waals surface area contributed by atoms with Crippen molar-refractivity contribution in [3.8, 4) is 0 Å². The van der Waals surface area contributed by atoms with Crippen LogP contribution in [-0.4, -0.2) is 40.6 Å². The van der Waals surface area contributed by atoms with Gasteiger partial charge in [0.25, 0.3) is 0 Å². The molecule has 28 heavy (non-hydrogen) atoms. The van der Waals surface area contributed by atoms with Crippen LogP contribution in [0.4, 0.5) is 4.39 Å². The SMILES string of the molecule is CN=C(NCCCCn1ccnc1C)NCCc1c[nH]c2ccc(F)cc12.I. The smallest absolute Gasteiger partial charge is 0.190 e. The maximum atomic E-state index is 13.4. The molecule has 0 amide bonds. The summed E-state index contributed by atoms with van der Waals surface area (Å²) in [6.45, 7) is 4.60. The summed E-state index contributed by atoms with van der Waals surface area (Å²) in [5.74, 6) is 1.64. The fraction of sp³-hybridized carbons (Fsp3) is 0.400. The Bertz CT molecular complexity index is 901. The quantitative estimate of drug-likeness (QED) is 0.192. The topological polar surface area (TPSA) is 70.0 Å². The first-order valence-corrected chi connectivity index (χ1v) is 9.35. The van der Waals surface area contributed by atoms with Gasteiger partial charge in [-0.2, -0.15) is 0 Å². The maximum Gasteiger partial charge on any atom is 0.190 e. The van der Waals surface area contributed by atoms with Gasteiger partial charge in [-0.05, 0) is 49.9 Å². The molecule has 6 nitrogen and oxygen atoms in total. The number of guanidine groups is 1. The van der Waals surface area contributed by atoms with E-state index in [1.807, 2.05) is 25.5 Å². The van der Waals surface area contributed by atoms with Crippen LogP contribution in [0.5, 0.6) is 0 Å². The van der Waals surface area contributed by atoms with Crippen LogP contribution >= 0.6 is 24.0 Å². The lowest BCUT2D eigenvalue weighted by molar-refractivity contribution is 0.588. The number of aliphatic imine (C=N–C) groups is 1. The van der Waals surface area contributed by atoms with Crippen LogP contribution in [0.1, 0.15) is 24.2 Å². The highest BCUT2D eigenvalue weighted by Crippen LogP contribution is 2.19. The molecule has 3 aromatic rings. The predicted molar refractivity (Wildman–Crippen MR) is 123 cm³/mol. The van der Waals surface area contributed by atoms with E-state index < -0.39 is 0 Å². The first kappa shape index (κ1) is 22.2. The molecule has 0 atom stereocenters. The third kappa shape index (κ3) is 5.95. The summed E-state index contributed by atoms with van der Waals surface area (Å²) in [7, 11) is 1.77. The number of benzene rings is 1. The molecule has 2 heterocycles. The number of aryl methyl sites for hydroxylation is 2. The van der Waals surface area contributed by atoms with Crippen LogP contribution in [0, 0.1) is 12.7 Å². The first-order chi connectivity index (χ1) is 13.2. The molecular weight excluding hydrogens is 470 g/mol. The number of unbranched alkanes of at least 4 members (excludes halogenated alkanes) is 1. The minimum absolute atomic E-state index is 0. The Morgan fingerprint density at radius 2 is 2.07 bits per heavy atom. The maximum absolute atomic E-state index is 13.4. The van der Waals surface area contributed by atoms with Gasteiger partial charge < -0.3 is 20.2 Å². The van der Waals surface area contributed by atoms with Crippen LogP contribution < -0.4 is 10.6 Å². The van der Waals surface area contributed by atoms with Crippen molar-refractivity contribution in [2.75, 3.05) is 20.1 Å². The standard InChI is InChI=1S/C20H27FN6.HI/c1-15-23-10-12-27(15)11-4-3-8-24-20(22-2)25-9-7-16-14-26-19-6-5-17(21)13-18(16)19;/h5-6,10,12-14,26H,3-4,7-9,11H2,1-2H3,(H2,22,24,25);1H. The van der Waals surface area contributed by atoms with E-state index in [4.69, 9.17) is 0 Å². The van der Waals surface area contributed by atoms with Gasteiger partial charge in [0.1, 0.15) is 11.6 Å². The van der Waals surface area contributed by atoms with Crippen LogP contribution in [-0.2, 0) is 13.0 Å². The number of hydrogen-bond donors (Lipinski definition) is 3. The van der Waals surface area contributed by atoms with Crippen molar-refractivity contribution in [1.82, 2.24) is 25.2 Å². The van der Waals surface area contributed by atoms with Gasteiger partial charge in [-0.3, -0.25) is 4.99 Å². The summed E-state index contributed by atoms with van der Waals surface area (Å²) in [4.78, 5) is 11.7. The summed E-state index contributed by atoms with van der Waals surface area (Å²) in [6.07, 6.45) is 8.73. The summed E-state index contributed by atoms with van der Waals surface area (Å²) in [5.41, 5.74) is 2.06. The van der Waals surface area contributed by atoms with E-state index in [-0.39, 0.29) is 29.8 Å². The Morgan fingerprint density at radius 1 is 1.25 bits per heavy atom. The van der Waals surface area contributed by atoms with Crippen molar-refractivity contribution in [2.24, 2.45) is 4.99 Å². The third-order valence-electron chi connectivity index (χ3n) is 4.68. The number of aromatic amines is 1. The van der Waals surface area contributed by atoms with E-state index in [1.54, 1.807) is 19.2 Å². The second kappa shape index (κ2) is 11.0. The summed E-state index contributed by atoms with van der Waals surface area (Å²) in [5, 5.41) is 7.59. The number of halogens is 2. The Kier molecular flexibility index (Phi) is 8.75. The van der Waals surface area contributed by atoms with Gasteiger partial charge in [0.2, 0.25) is 0 Å². The Hall–Kier alpha value is -2.10. The van der Waals surface area contributed by atoms with Gasteiger partial charge in [0.05, 0.1) is 0 Å². The third-order valence-corrected chi connectivity index (χ3v) is 4.68. The molecule has 2 aromatic heterocycles. The molecule has 0 fully saturated rings. The van der Waals surface area contributed by atoms with Crippen molar-refractivity contribution >= 4 is 40.8 Å². The van der Waals surface area contributed by atoms with Crippen LogP contribution in [0.25, 0.3) is 10.9 Å². The molecule has 0 unspecified atom stereocenters. The number of H-pyrrole nitrogens is 1. The van der Waals surface area contributed by atoms with Crippen LogP contribution in [0.2, 0.25) is 0 Å². The molecule has 0 aliphatic rings. The lowest BCUT2D eigenvalue weighted by atomic mass is 10.1. The number of nitrogens with one attached hydrogen (secondary N) is 3. The molecule has 152 valence electrons. The second-order valence-corrected chi connectivity index (χ2v) is 6.55. The average molecular weight is 498 g/mol. The number of rotatable bonds is 8. The predicted octanol–water partition coefficient (Wildman–Crippen LogP) is 3.62. The highest BCUT2D eigenvalue weighted by molar-refractivity contribution is 14.0. The zero-order valence-electron chi connectivity index (χ0n) is 16.3. The molecule has 0 bridgehead atoms. The Labute approximate surface area is 182 Å². The van der Waals surface area contributed by atoms with Crippen molar-refractivity contribution in [3.05, 3.63) is 54.0 Å². The zero-order valence-corrected chi connectivity index (χ0v) is 18.7. The van der Waals surface area contributed by atoms with Crippen LogP contribution in [0.3, 0.4) is 0 Å². The molecule has 3 N–H and O–H groups in total. The van der Waals surface area contributed by atoms with Gasteiger partial charge in [-0.1, -0.05) is 0 Å². The normalized spacial score (nSPS) is 11.5.